The van der Waals surface area contributed by atoms with Crippen molar-refractivity contribution in [3.63, 3.8) is 0 Å². The molecule has 0 fully saturated rings. The van der Waals surface area contributed by atoms with Crippen LogP contribution in [0.15, 0.2) is 12.7 Å². The molecule has 0 amide bonds. The summed E-state index contributed by atoms with van der Waals surface area (Å²) in [7, 11) is 1.75. The van der Waals surface area contributed by atoms with Crippen molar-refractivity contribution in [3.05, 3.63) is 12.7 Å². The molecule has 1 atom stereocenters. The number of thioether (sulfide) groups is 1. The third-order valence-corrected chi connectivity index (χ3v) is 2.88. The zero-order valence-corrected chi connectivity index (χ0v) is 9.53. The van der Waals surface area contributed by atoms with Crippen LogP contribution < -0.4 is 5.32 Å². The smallest absolute Gasteiger partial charge is 0.0470 e. The zero-order chi connectivity index (χ0) is 9.94. The lowest BCUT2D eigenvalue weighted by Crippen LogP contribution is -2.22. The van der Waals surface area contributed by atoms with Crippen LogP contribution in [0.1, 0.15) is 13.3 Å². The van der Waals surface area contributed by atoms with E-state index < -0.39 is 0 Å². The van der Waals surface area contributed by atoms with Crippen molar-refractivity contribution in [2.75, 3.05) is 32.6 Å². The average Bonchev–Trinajstić information content (AvgIpc) is 2.13. The second kappa shape index (κ2) is 10.1. The summed E-state index contributed by atoms with van der Waals surface area (Å²) in [5.74, 6) is 1.19. The van der Waals surface area contributed by atoms with Gasteiger partial charge < -0.3 is 10.1 Å². The van der Waals surface area contributed by atoms with Crippen molar-refractivity contribution in [1.29, 1.82) is 0 Å². The van der Waals surface area contributed by atoms with Crippen LogP contribution in [-0.4, -0.2) is 37.8 Å². The van der Waals surface area contributed by atoms with Gasteiger partial charge in [-0.1, -0.05) is 13.0 Å². The van der Waals surface area contributed by atoms with Crippen LogP contribution in [0.5, 0.6) is 0 Å². The van der Waals surface area contributed by atoms with E-state index in [4.69, 9.17) is 4.74 Å². The Morgan fingerprint density at radius 3 is 3.00 bits per heavy atom. The first-order chi connectivity index (χ1) is 6.31. The third-order valence-electron chi connectivity index (χ3n) is 1.62. The lowest BCUT2D eigenvalue weighted by molar-refractivity contribution is 0.200. The molecular weight excluding hydrogens is 182 g/mol. The molecule has 0 aliphatic rings. The van der Waals surface area contributed by atoms with Crippen molar-refractivity contribution < 1.29 is 4.74 Å². The summed E-state index contributed by atoms with van der Waals surface area (Å²) in [6, 6.07) is 0. The maximum absolute atomic E-state index is 4.98. The van der Waals surface area contributed by atoms with E-state index in [2.05, 4.69) is 18.8 Å². The van der Waals surface area contributed by atoms with Crippen LogP contribution in [0.2, 0.25) is 0 Å². The first kappa shape index (κ1) is 13.0. The Kier molecular flexibility index (Phi) is 10.1. The van der Waals surface area contributed by atoms with Crippen molar-refractivity contribution in [3.8, 4) is 0 Å². The maximum Gasteiger partial charge on any atom is 0.0470 e. The molecule has 0 aliphatic carbocycles. The quantitative estimate of drug-likeness (QED) is 0.457. The predicted octanol–water partition coefficient (Wildman–Crippen LogP) is 1.92. The van der Waals surface area contributed by atoms with Gasteiger partial charge in [-0.3, -0.25) is 0 Å². The van der Waals surface area contributed by atoms with Gasteiger partial charge in [0, 0.05) is 32.1 Å². The molecule has 0 radical (unpaired) electrons. The molecule has 2 nitrogen and oxygen atoms in total. The van der Waals surface area contributed by atoms with E-state index in [0.717, 1.165) is 26.1 Å². The van der Waals surface area contributed by atoms with Crippen LogP contribution in [0.3, 0.4) is 0 Å². The molecule has 0 spiro atoms. The van der Waals surface area contributed by atoms with E-state index in [-0.39, 0.29) is 0 Å². The van der Waals surface area contributed by atoms with Gasteiger partial charge in [-0.2, -0.15) is 11.8 Å². The Labute approximate surface area is 86.1 Å². The van der Waals surface area contributed by atoms with Gasteiger partial charge in [0.25, 0.3) is 0 Å². The van der Waals surface area contributed by atoms with Crippen molar-refractivity contribution in [2.45, 2.75) is 18.6 Å². The first-order valence-corrected chi connectivity index (χ1v) is 5.78. The van der Waals surface area contributed by atoms with Crippen LogP contribution in [0, 0.1) is 0 Å². The van der Waals surface area contributed by atoms with Gasteiger partial charge in [0.15, 0.2) is 0 Å². The molecule has 0 heterocycles. The van der Waals surface area contributed by atoms with Gasteiger partial charge in [0.2, 0.25) is 0 Å². The fourth-order valence-electron chi connectivity index (χ4n) is 0.935. The van der Waals surface area contributed by atoms with Crippen LogP contribution in [0.25, 0.3) is 0 Å². The summed E-state index contributed by atoms with van der Waals surface area (Å²) in [5.41, 5.74) is 0. The second-order valence-corrected chi connectivity index (χ2v) is 4.52. The van der Waals surface area contributed by atoms with Gasteiger partial charge in [-0.15, -0.1) is 6.58 Å². The largest absolute Gasteiger partial charge is 0.385 e. The van der Waals surface area contributed by atoms with Crippen LogP contribution in [0.4, 0.5) is 0 Å². The summed E-state index contributed by atoms with van der Waals surface area (Å²) in [4.78, 5) is 0. The number of ether oxygens (including phenoxy) is 1. The average molecular weight is 203 g/mol. The van der Waals surface area contributed by atoms with E-state index in [1.807, 2.05) is 17.8 Å². The Balaban J connectivity index is 3.09. The molecule has 3 heteroatoms. The number of hydrogen-bond donors (Lipinski definition) is 1. The van der Waals surface area contributed by atoms with E-state index in [1.54, 1.807) is 7.11 Å². The van der Waals surface area contributed by atoms with Crippen LogP contribution in [-0.2, 0) is 4.74 Å². The third kappa shape index (κ3) is 9.93. The summed E-state index contributed by atoms with van der Waals surface area (Å²) in [5, 5.41) is 3.98. The highest BCUT2D eigenvalue weighted by molar-refractivity contribution is 7.99. The van der Waals surface area contributed by atoms with E-state index >= 15 is 0 Å². The molecule has 0 saturated carbocycles. The highest BCUT2D eigenvalue weighted by atomic mass is 32.2. The molecule has 1 unspecified atom stereocenters. The van der Waals surface area contributed by atoms with Gasteiger partial charge in [-0.25, -0.2) is 0 Å². The number of hydrogen-bond acceptors (Lipinski definition) is 3. The second-order valence-electron chi connectivity index (χ2n) is 2.97. The zero-order valence-electron chi connectivity index (χ0n) is 8.71. The minimum absolute atomic E-state index is 0.678. The Morgan fingerprint density at radius 1 is 1.62 bits per heavy atom. The molecule has 1 N–H and O–H groups in total. The van der Waals surface area contributed by atoms with Gasteiger partial charge >= 0.3 is 0 Å². The molecule has 0 bridgehead atoms. The van der Waals surface area contributed by atoms with Gasteiger partial charge in [0.05, 0.1) is 0 Å². The molecule has 0 aromatic heterocycles. The summed E-state index contributed by atoms with van der Waals surface area (Å²) >= 11 is 1.99. The number of methoxy groups -OCH3 is 1. The molecule has 0 aromatic rings. The summed E-state index contributed by atoms with van der Waals surface area (Å²) in [6.45, 7) is 8.74. The topological polar surface area (TPSA) is 21.3 Å². The standard InChI is InChI=1S/C10H21NOS/c1-4-6-11-9-10(2)13-8-5-7-12-3/h4,10-11H,1,5-9H2,2-3H3. The van der Waals surface area contributed by atoms with Gasteiger partial charge in [-0.05, 0) is 12.2 Å². The highest BCUT2D eigenvalue weighted by Crippen LogP contribution is 2.10. The van der Waals surface area contributed by atoms with E-state index in [9.17, 15) is 0 Å². The Morgan fingerprint density at radius 2 is 2.38 bits per heavy atom. The van der Waals surface area contributed by atoms with Crippen molar-refractivity contribution in [1.82, 2.24) is 5.32 Å². The van der Waals surface area contributed by atoms with Crippen molar-refractivity contribution in [2.24, 2.45) is 0 Å². The summed E-state index contributed by atoms with van der Waals surface area (Å²) in [6.07, 6.45) is 3.04. The predicted molar refractivity (Wildman–Crippen MR) is 61.5 cm³/mol. The number of rotatable bonds is 9. The minimum Gasteiger partial charge on any atom is -0.385 e. The summed E-state index contributed by atoms with van der Waals surface area (Å²) < 4.78 is 4.98. The molecule has 13 heavy (non-hydrogen) atoms. The van der Waals surface area contributed by atoms with Crippen LogP contribution >= 0.6 is 11.8 Å². The molecule has 0 rings (SSSR count). The molecule has 78 valence electrons. The normalized spacial score (nSPS) is 12.8. The highest BCUT2D eigenvalue weighted by Gasteiger charge is 2.00. The SMILES string of the molecule is C=CCNCC(C)SCCCOC. The molecular formula is C10H21NOS. The van der Waals surface area contributed by atoms with Crippen molar-refractivity contribution >= 4 is 11.8 Å². The Hall–Kier alpha value is 0.01000. The Bertz CT molecular complexity index is 119. The monoisotopic (exact) mass is 203 g/mol. The lowest BCUT2D eigenvalue weighted by atomic mass is 10.4. The minimum atomic E-state index is 0.678. The lowest BCUT2D eigenvalue weighted by Gasteiger charge is -2.10. The maximum atomic E-state index is 4.98. The number of nitrogens with one attached hydrogen (secondary N) is 1. The van der Waals surface area contributed by atoms with E-state index in [1.165, 1.54) is 5.75 Å². The molecule has 0 aliphatic heterocycles. The fraction of sp³-hybridized carbons (Fsp3) is 0.800. The fourth-order valence-corrected chi connectivity index (χ4v) is 1.86. The van der Waals surface area contributed by atoms with E-state index in [0.29, 0.717) is 5.25 Å². The molecule has 0 saturated heterocycles. The first-order valence-electron chi connectivity index (χ1n) is 4.73. The molecule has 0 aromatic carbocycles. The van der Waals surface area contributed by atoms with Gasteiger partial charge in [0.1, 0.15) is 0 Å².